The lowest BCUT2D eigenvalue weighted by Gasteiger charge is -2.08. The van der Waals surface area contributed by atoms with Crippen molar-refractivity contribution in [1.29, 1.82) is 0 Å². The van der Waals surface area contributed by atoms with E-state index < -0.39 is 10.8 Å². The van der Waals surface area contributed by atoms with Crippen molar-refractivity contribution in [2.45, 2.75) is 26.8 Å². The zero-order chi connectivity index (χ0) is 25.9. The predicted octanol–water partition coefficient (Wildman–Crippen LogP) is 2.66. The SMILES string of the molecule is Cc1ncn(-c2ccc(NC(=O)c3cn(CCc4nn[nH]n4)nc3-c3ccc([N+](=O)[O-])cc3)cn2)c1C. The van der Waals surface area contributed by atoms with Crippen molar-refractivity contribution in [3.63, 3.8) is 0 Å². The molecular weight excluding hydrogens is 478 g/mol. The van der Waals surface area contributed by atoms with Gasteiger partial charge in [0.15, 0.2) is 5.82 Å². The average Bonchev–Trinajstić information content (AvgIpc) is 3.65. The number of anilines is 1. The first kappa shape index (κ1) is 23.5. The zero-order valence-electron chi connectivity index (χ0n) is 19.9. The summed E-state index contributed by atoms with van der Waals surface area (Å²) in [6.07, 6.45) is 5.32. The summed E-state index contributed by atoms with van der Waals surface area (Å²) in [4.78, 5) is 32.6. The van der Waals surface area contributed by atoms with Crippen LogP contribution in [0.15, 0.2) is 55.1 Å². The van der Waals surface area contributed by atoms with Crippen LogP contribution in [0.25, 0.3) is 17.1 Å². The molecule has 4 heterocycles. The number of H-pyrrole nitrogens is 1. The maximum absolute atomic E-state index is 13.3. The molecule has 0 unspecified atom stereocenters. The van der Waals surface area contributed by atoms with Crippen LogP contribution in [0.2, 0.25) is 0 Å². The normalized spacial score (nSPS) is 11.0. The average molecular weight is 499 g/mol. The number of aromatic nitrogens is 9. The highest BCUT2D eigenvalue weighted by Crippen LogP contribution is 2.26. The standard InChI is InChI=1S/C23H21N11O3/c1-14-15(2)33(13-25-14)21-8-5-17(11-24-21)26-23(35)19-12-32(10-9-20-27-30-31-28-20)29-22(19)16-3-6-18(7-4-16)34(36)37/h3-8,11-13H,9-10H2,1-2H3,(H,26,35)(H,27,28,30,31). The van der Waals surface area contributed by atoms with E-state index in [9.17, 15) is 14.9 Å². The Morgan fingerprint density at radius 2 is 1.95 bits per heavy atom. The molecule has 1 amide bonds. The highest BCUT2D eigenvalue weighted by molar-refractivity contribution is 6.08. The minimum Gasteiger partial charge on any atom is -0.320 e. The molecule has 0 aliphatic heterocycles. The van der Waals surface area contributed by atoms with E-state index in [0.717, 1.165) is 11.4 Å². The summed E-state index contributed by atoms with van der Waals surface area (Å²) in [6.45, 7) is 4.27. The van der Waals surface area contributed by atoms with Gasteiger partial charge in [-0.05, 0) is 38.1 Å². The van der Waals surface area contributed by atoms with Crippen molar-refractivity contribution in [1.82, 2.24) is 44.9 Å². The minimum atomic E-state index is -0.482. The fraction of sp³-hybridized carbons (Fsp3) is 0.174. The molecule has 5 aromatic rings. The first-order valence-electron chi connectivity index (χ1n) is 11.2. The topological polar surface area (TPSA) is 175 Å². The van der Waals surface area contributed by atoms with E-state index in [0.29, 0.717) is 47.1 Å². The molecule has 186 valence electrons. The monoisotopic (exact) mass is 499 g/mol. The number of carbonyl (C=O) groups excluding carboxylic acids is 1. The molecule has 0 aliphatic rings. The first-order valence-corrected chi connectivity index (χ1v) is 11.2. The van der Waals surface area contributed by atoms with Crippen LogP contribution < -0.4 is 5.32 Å². The van der Waals surface area contributed by atoms with Gasteiger partial charge in [-0.3, -0.25) is 24.2 Å². The minimum absolute atomic E-state index is 0.0548. The Bertz CT molecular complexity index is 1550. The van der Waals surface area contributed by atoms with Crippen LogP contribution in [0, 0.1) is 24.0 Å². The van der Waals surface area contributed by atoms with Gasteiger partial charge in [-0.25, -0.2) is 9.97 Å². The van der Waals surface area contributed by atoms with E-state index in [4.69, 9.17) is 0 Å². The van der Waals surface area contributed by atoms with E-state index in [1.165, 1.54) is 12.1 Å². The zero-order valence-corrected chi connectivity index (χ0v) is 19.9. The van der Waals surface area contributed by atoms with Crippen molar-refractivity contribution in [2.75, 3.05) is 5.32 Å². The molecule has 2 N–H and O–H groups in total. The van der Waals surface area contributed by atoms with Gasteiger partial charge >= 0.3 is 0 Å². The summed E-state index contributed by atoms with van der Waals surface area (Å²) in [5, 5.41) is 32.3. The number of benzene rings is 1. The maximum atomic E-state index is 13.3. The molecule has 0 saturated carbocycles. The molecule has 14 heteroatoms. The van der Waals surface area contributed by atoms with Gasteiger partial charge in [0.05, 0.1) is 28.1 Å². The van der Waals surface area contributed by atoms with Gasteiger partial charge in [0, 0.05) is 42.6 Å². The summed E-state index contributed by atoms with van der Waals surface area (Å²) in [5.74, 6) is 0.785. The van der Waals surface area contributed by atoms with Crippen LogP contribution in [-0.2, 0) is 13.0 Å². The highest BCUT2D eigenvalue weighted by atomic mass is 16.6. The van der Waals surface area contributed by atoms with Gasteiger partial charge < -0.3 is 5.32 Å². The van der Waals surface area contributed by atoms with Gasteiger partial charge in [-0.15, -0.1) is 10.2 Å². The molecule has 37 heavy (non-hydrogen) atoms. The number of aryl methyl sites for hydroxylation is 3. The van der Waals surface area contributed by atoms with Crippen molar-refractivity contribution < 1.29 is 9.72 Å². The number of tetrazole rings is 1. The smallest absolute Gasteiger partial charge is 0.269 e. The van der Waals surface area contributed by atoms with Gasteiger partial charge in [0.25, 0.3) is 11.6 Å². The number of aromatic amines is 1. The summed E-state index contributed by atoms with van der Waals surface area (Å²) < 4.78 is 3.47. The van der Waals surface area contributed by atoms with Crippen LogP contribution in [-0.4, -0.2) is 55.8 Å². The van der Waals surface area contributed by atoms with E-state index in [1.54, 1.807) is 47.7 Å². The Balaban J connectivity index is 1.40. The molecule has 14 nitrogen and oxygen atoms in total. The maximum Gasteiger partial charge on any atom is 0.269 e. The fourth-order valence-electron chi connectivity index (χ4n) is 3.69. The molecule has 0 bridgehead atoms. The lowest BCUT2D eigenvalue weighted by Crippen LogP contribution is -2.13. The second-order valence-corrected chi connectivity index (χ2v) is 8.18. The molecule has 5 rings (SSSR count). The van der Waals surface area contributed by atoms with Gasteiger partial charge in [-0.1, -0.05) is 5.21 Å². The van der Waals surface area contributed by atoms with E-state index >= 15 is 0 Å². The molecule has 0 aliphatic carbocycles. The van der Waals surface area contributed by atoms with E-state index in [2.05, 4.69) is 41.0 Å². The van der Waals surface area contributed by atoms with Crippen LogP contribution >= 0.6 is 0 Å². The largest absolute Gasteiger partial charge is 0.320 e. The molecule has 0 radical (unpaired) electrons. The number of nitro benzene ring substituents is 1. The third-order valence-electron chi connectivity index (χ3n) is 5.82. The van der Waals surface area contributed by atoms with Crippen molar-refractivity contribution in [2.24, 2.45) is 0 Å². The number of nitrogens with zero attached hydrogens (tertiary/aromatic N) is 9. The van der Waals surface area contributed by atoms with Gasteiger partial charge in [-0.2, -0.15) is 10.3 Å². The number of amides is 1. The Morgan fingerprint density at radius 1 is 1.14 bits per heavy atom. The number of pyridine rings is 1. The van der Waals surface area contributed by atoms with E-state index in [1.807, 2.05) is 18.4 Å². The predicted molar refractivity (Wildman–Crippen MR) is 131 cm³/mol. The number of rotatable bonds is 8. The number of imidazole rings is 1. The molecular formula is C23H21N11O3. The number of hydrogen-bond acceptors (Lipinski definition) is 9. The number of carbonyl (C=O) groups is 1. The lowest BCUT2D eigenvalue weighted by atomic mass is 10.1. The first-order chi connectivity index (χ1) is 17.9. The number of non-ortho nitro benzene ring substituents is 1. The molecule has 4 aromatic heterocycles. The second-order valence-electron chi connectivity index (χ2n) is 8.18. The third-order valence-corrected chi connectivity index (χ3v) is 5.82. The third kappa shape index (κ3) is 4.93. The summed E-state index contributed by atoms with van der Waals surface area (Å²) in [7, 11) is 0. The molecule has 0 atom stereocenters. The summed E-state index contributed by atoms with van der Waals surface area (Å²) in [6, 6.07) is 9.41. The van der Waals surface area contributed by atoms with Crippen molar-refractivity contribution in [3.8, 4) is 17.1 Å². The summed E-state index contributed by atoms with van der Waals surface area (Å²) in [5.41, 5.74) is 3.58. The Morgan fingerprint density at radius 3 is 2.57 bits per heavy atom. The lowest BCUT2D eigenvalue weighted by molar-refractivity contribution is -0.384. The Hall–Kier alpha value is -5.27. The quantitative estimate of drug-likeness (QED) is 0.240. The van der Waals surface area contributed by atoms with Crippen molar-refractivity contribution in [3.05, 3.63) is 88.0 Å². The highest BCUT2D eigenvalue weighted by Gasteiger charge is 2.20. The molecule has 0 fully saturated rings. The Labute approximate surface area is 209 Å². The summed E-state index contributed by atoms with van der Waals surface area (Å²) >= 11 is 0. The number of nitro groups is 1. The second kappa shape index (κ2) is 9.77. The van der Waals surface area contributed by atoms with Gasteiger partial charge in [0.1, 0.15) is 17.8 Å². The van der Waals surface area contributed by atoms with Crippen LogP contribution in [0.5, 0.6) is 0 Å². The van der Waals surface area contributed by atoms with Crippen LogP contribution in [0.3, 0.4) is 0 Å². The van der Waals surface area contributed by atoms with Crippen LogP contribution in [0.4, 0.5) is 11.4 Å². The molecule has 0 saturated heterocycles. The number of nitrogens with one attached hydrogen (secondary N) is 2. The van der Waals surface area contributed by atoms with Gasteiger partial charge in [0.2, 0.25) is 0 Å². The fourth-order valence-corrected chi connectivity index (χ4v) is 3.69. The molecule has 0 spiro atoms. The van der Waals surface area contributed by atoms with E-state index in [-0.39, 0.29) is 5.69 Å². The Kier molecular flexibility index (Phi) is 6.20. The molecule has 1 aromatic carbocycles. The van der Waals surface area contributed by atoms with Crippen LogP contribution in [0.1, 0.15) is 27.6 Å². The van der Waals surface area contributed by atoms with Crippen molar-refractivity contribution >= 4 is 17.3 Å². The number of hydrogen-bond donors (Lipinski definition) is 2.